The van der Waals surface area contributed by atoms with Gasteiger partial charge in [-0.25, -0.2) is 0 Å². The second-order valence-corrected chi connectivity index (χ2v) is 3.60. The monoisotopic (exact) mass is 224 g/mol. The number of carbonyl (C=O) groups excluding carboxylic acids is 1. The summed E-state index contributed by atoms with van der Waals surface area (Å²) < 4.78 is 9.41. The second-order valence-electron chi connectivity index (χ2n) is 3.60. The molecule has 5 heteroatoms. The molecule has 0 amide bonds. The number of benzene rings is 1. The number of carbonyl (C=O) groups is 1. The molecule has 0 aromatic heterocycles. The topological polar surface area (TPSA) is 76.0 Å². The van der Waals surface area contributed by atoms with Crippen LogP contribution in [-0.2, 0) is 11.2 Å². The predicted molar refractivity (Wildman–Crippen MR) is 53.9 cm³/mol. The Kier molecular flexibility index (Phi) is 2.57. The lowest BCUT2D eigenvalue weighted by Crippen LogP contribution is -2.37. The SMILES string of the molecule is CCC(=O)Cc1ccc2c(c1)OC(O)(O)O2. The maximum atomic E-state index is 11.2. The van der Waals surface area contributed by atoms with Gasteiger partial charge >= 0.3 is 6.16 Å². The highest BCUT2D eigenvalue weighted by Gasteiger charge is 2.38. The van der Waals surface area contributed by atoms with Crippen molar-refractivity contribution in [1.82, 2.24) is 0 Å². The highest BCUT2D eigenvalue weighted by atomic mass is 17.0. The third-order valence-corrected chi connectivity index (χ3v) is 2.29. The van der Waals surface area contributed by atoms with Gasteiger partial charge in [0.1, 0.15) is 5.78 Å². The van der Waals surface area contributed by atoms with Crippen LogP contribution in [0.1, 0.15) is 18.9 Å². The van der Waals surface area contributed by atoms with Crippen molar-refractivity contribution < 1.29 is 24.5 Å². The maximum Gasteiger partial charge on any atom is 0.505 e. The first-order valence-corrected chi connectivity index (χ1v) is 4.97. The molecule has 0 bridgehead atoms. The van der Waals surface area contributed by atoms with Gasteiger partial charge in [0.25, 0.3) is 0 Å². The van der Waals surface area contributed by atoms with Crippen LogP contribution in [0.4, 0.5) is 0 Å². The molecular weight excluding hydrogens is 212 g/mol. The van der Waals surface area contributed by atoms with Gasteiger partial charge in [-0.1, -0.05) is 13.0 Å². The minimum absolute atomic E-state index is 0.109. The molecule has 0 saturated carbocycles. The van der Waals surface area contributed by atoms with Gasteiger partial charge in [0.05, 0.1) is 0 Å². The van der Waals surface area contributed by atoms with Crippen molar-refractivity contribution in [3.8, 4) is 11.5 Å². The fraction of sp³-hybridized carbons (Fsp3) is 0.364. The van der Waals surface area contributed by atoms with Crippen LogP contribution in [0.2, 0.25) is 0 Å². The summed E-state index contributed by atoms with van der Waals surface area (Å²) in [6.07, 6.45) is -1.83. The van der Waals surface area contributed by atoms with Crippen molar-refractivity contribution in [2.24, 2.45) is 0 Å². The van der Waals surface area contributed by atoms with E-state index in [2.05, 4.69) is 4.74 Å². The van der Waals surface area contributed by atoms with Crippen molar-refractivity contribution >= 4 is 5.78 Å². The Hall–Kier alpha value is -1.59. The summed E-state index contributed by atoms with van der Waals surface area (Å²) in [5.41, 5.74) is 0.756. The number of rotatable bonds is 3. The molecule has 2 N–H and O–H groups in total. The maximum absolute atomic E-state index is 11.2. The van der Waals surface area contributed by atoms with Gasteiger partial charge in [0, 0.05) is 12.8 Å². The third-order valence-electron chi connectivity index (χ3n) is 2.29. The molecule has 1 aromatic carbocycles. The molecule has 0 atom stereocenters. The molecule has 86 valence electrons. The van der Waals surface area contributed by atoms with Gasteiger partial charge in [0.2, 0.25) is 0 Å². The zero-order valence-corrected chi connectivity index (χ0v) is 8.77. The largest absolute Gasteiger partial charge is 0.505 e. The molecule has 1 aromatic rings. The number of aliphatic hydroxyl groups is 2. The molecule has 1 heterocycles. The van der Waals surface area contributed by atoms with Crippen LogP contribution in [0.3, 0.4) is 0 Å². The average Bonchev–Trinajstić information content (AvgIpc) is 2.51. The van der Waals surface area contributed by atoms with E-state index >= 15 is 0 Å². The summed E-state index contributed by atoms with van der Waals surface area (Å²) >= 11 is 0. The van der Waals surface area contributed by atoms with Crippen LogP contribution >= 0.6 is 0 Å². The highest BCUT2D eigenvalue weighted by molar-refractivity contribution is 5.80. The van der Waals surface area contributed by atoms with Crippen molar-refractivity contribution in [1.29, 1.82) is 0 Å². The van der Waals surface area contributed by atoms with E-state index in [1.807, 2.05) is 0 Å². The average molecular weight is 224 g/mol. The smallest absolute Gasteiger partial charge is 0.403 e. The Balaban J connectivity index is 2.19. The molecule has 1 aliphatic heterocycles. The molecule has 0 spiro atoms. The van der Waals surface area contributed by atoms with E-state index in [1.54, 1.807) is 25.1 Å². The number of ketones is 1. The van der Waals surface area contributed by atoms with Crippen LogP contribution in [-0.4, -0.2) is 22.2 Å². The van der Waals surface area contributed by atoms with Crippen molar-refractivity contribution in [2.75, 3.05) is 0 Å². The molecule has 0 saturated heterocycles. The quantitative estimate of drug-likeness (QED) is 0.734. The Morgan fingerprint density at radius 1 is 1.31 bits per heavy atom. The minimum atomic E-state index is -2.60. The van der Waals surface area contributed by atoms with Gasteiger partial charge in [-0.05, 0) is 17.7 Å². The Morgan fingerprint density at radius 2 is 2.00 bits per heavy atom. The van der Waals surface area contributed by atoms with E-state index in [4.69, 9.17) is 14.9 Å². The van der Waals surface area contributed by atoms with E-state index in [1.165, 1.54) is 0 Å². The Bertz CT molecular complexity index is 424. The molecule has 0 radical (unpaired) electrons. The lowest BCUT2D eigenvalue weighted by atomic mass is 10.1. The number of hydrogen-bond acceptors (Lipinski definition) is 5. The van der Waals surface area contributed by atoms with E-state index in [0.717, 1.165) is 5.56 Å². The molecule has 2 rings (SSSR count). The van der Waals surface area contributed by atoms with Crippen LogP contribution in [0, 0.1) is 0 Å². The van der Waals surface area contributed by atoms with Crippen molar-refractivity contribution in [2.45, 2.75) is 25.9 Å². The van der Waals surface area contributed by atoms with Gasteiger partial charge in [0.15, 0.2) is 11.5 Å². The number of fused-ring (bicyclic) bond motifs is 1. The van der Waals surface area contributed by atoms with Gasteiger partial charge in [-0.3, -0.25) is 15.0 Å². The summed E-state index contributed by atoms with van der Waals surface area (Å²) in [7, 11) is 0. The fourth-order valence-corrected chi connectivity index (χ4v) is 1.49. The molecular formula is C11H12O5. The summed E-state index contributed by atoms with van der Waals surface area (Å²) in [6.45, 7) is 1.79. The molecule has 0 aliphatic carbocycles. The fourth-order valence-electron chi connectivity index (χ4n) is 1.49. The Labute approximate surface area is 92.2 Å². The first-order valence-electron chi connectivity index (χ1n) is 4.97. The molecule has 0 fully saturated rings. The normalized spacial score (nSPS) is 16.2. The lowest BCUT2D eigenvalue weighted by molar-refractivity contribution is -0.385. The number of Topliss-reactive ketones (excluding diaryl/α,β-unsaturated/α-hetero) is 1. The predicted octanol–water partition coefficient (Wildman–Crippen LogP) is 0.575. The minimum Gasteiger partial charge on any atom is -0.403 e. The zero-order valence-electron chi connectivity index (χ0n) is 8.77. The van der Waals surface area contributed by atoms with Gasteiger partial charge in [-0.15, -0.1) is 0 Å². The third kappa shape index (κ3) is 2.15. The lowest BCUT2D eigenvalue weighted by Gasteiger charge is -2.10. The van der Waals surface area contributed by atoms with Crippen LogP contribution in [0.5, 0.6) is 11.5 Å². The second kappa shape index (κ2) is 3.77. The zero-order chi connectivity index (χ0) is 11.8. The molecule has 0 unspecified atom stereocenters. The van der Waals surface area contributed by atoms with E-state index in [0.29, 0.717) is 12.8 Å². The summed E-state index contributed by atoms with van der Waals surface area (Å²) in [6, 6.07) is 4.80. The molecule has 1 aliphatic rings. The standard InChI is InChI=1S/C11H12O5/c1-2-8(12)5-7-3-4-9-10(6-7)16-11(13,14)15-9/h3-4,6,13-14H,2,5H2,1H3. The van der Waals surface area contributed by atoms with Crippen LogP contribution < -0.4 is 9.47 Å². The van der Waals surface area contributed by atoms with E-state index < -0.39 is 6.16 Å². The summed E-state index contributed by atoms with van der Waals surface area (Å²) in [4.78, 5) is 11.2. The van der Waals surface area contributed by atoms with E-state index in [9.17, 15) is 4.79 Å². The Morgan fingerprint density at radius 3 is 2.69 bits per heavy atom. The van der Waals surface area contributed by atoms with Crippen LogP contribution in [0.15, 0.2) is 18.2 Å². The number of ether oxygens (including phenoxy) is 2. The first kappa shape index (κ1) is 10.9. The molecule has 16 heavy (non-hydrogen) atoms. The first-order chi connectivity index (χ1) is 7.50. The van der Waals surface area contributed by atoms with Gasteiger partial charge in [-0.2, -0.15) is 0 Å². The van der Waals surface area contributed by atoms with E-state index in [-0.39, 0.29) is 17.3 Å². The number of hydrogen-bond donors (Lipinski definition) is 2. The summed E-state index contributed by atoms with van der Waals surface area (Å²) in [5.74, 6) is 0.585. The molecule has 5 nitrogen and oxygen atoms in total. The van der Waals surface area contributed by atoms with Crippen LogP contribution in [0.25, 0.3) is 0 Å². The van der Waals surface area contributed by atoms with Crippen molar-refractivity contribution in [3.63, 3.8) is 0 Å². The summed E-state index contributed by atoms with van der Waals surface area (Å²) in [5, 5.41) is 18.2. The van der Waals surface area contributed by atoms with Crippen molar-refractivity contribution in [3.05, 3.63) is 23.8 Å². The highest BCUT2D eigenvalue weighted by Crippen LogP contribution is 2.37. The van der Waals surface area contributed by atoms with Gasteiger partial charge < -0.3 is 9.47 Å².